The number of rotatable bonds is 6. The number of carbonyl (C=O) groups is 1. The van der Waals surface area contributed by atoms with Crippen LogP contribution in [0.25, 0.3) is 0 Å². The molecule has 0 radical (unpaired) electrons. The van der Waals surface area contributed by atoms with Crippen molar-refractivity contribution >= 4 is 15.8 Å². The molecule has 0 aromatic rings. The predicted molar refractivity (Wildman–Crippen MR) is 62.8 cm³/mol. The molecule has 17 heavy (non-hydrogen) atoms. The van der Waals surface area contributed by atoms with Crippen molar-refractivity contribution in [1.29, 1.82) is 0 Å². The zero-order chi connectivity index (χ0) is 12.9. The van der Waals surface area contributed by atoms with E-state index < -0.39 is 21.9 Å². The van der Waals surface area contributed by atoms with Gasteiger partial charge in [0.1, 0.15) is 0 Å². The molecule has 6 nitrogen and oxygen atoms in total. The van der Waals surface area contributed by atoms with Crippen LogP contribution in [0.4, 0.5) is 0 Å². The first-order chi connectivity index (χ1) is 7.94. The standard InChI is InChI=1S/C10H19NO5S/c1-2-16-9(10(12)13)3-4-11-5-7-17(14,15)8-6-11/h9H,2-8H2,1H3,(H,12,13). The molecule has 1 fully saturated rings. The van der Waals surface area contributed by atoms with E-state index in [1.807, 2.05) is 4.90 Å². The topological polar surface area (TPSA) is 83.9 Å². The zero-order valence-corrected chi connectivity index (χ0v) is 10.8. The highest BCUT2D eigenvalue weighted by atomic mass is 32.2. The molecule has 1 aliphatic rings. The smallest absolute Gasteiger partial charge is 0.332 e. The fourth-order valence-electron chi connectivity index (χ4n) is 1.75. The molecular formula is C10H19NO5S. The molecule has 7 heteroatoms. The van der Waals surface area contributed by atoms with Crippen molar-refractivity contribution in [2.75, 3.05) is 37.7 Å². The van der Waals surface area contributed by atoms with Crippen molar-refractivity contribution in [2.24, 2.45) is 0 Å². The number of carboxylic acid groups (broad SMARTS) is 1. The van der Waals surface area contributed by atoms with Crippen LogP contribution in [0.5, 0.6) is 0 Å². The van der Waals surface area contributed by atoms with Crippen LogP contribution in [0.1, 0.15) is 13.3 Å². The number of aliphatic carboxylic acids is 1. The van der Waals surface area contributed by atoms with Crippen molar-refractivity contribution in [3.8, 4) is 0 Å². The maximum atomic E-state index is 11.2. The molecule has 1 atom stereocenters. The monoisotopic (exact) mass is 265 g/mol. The molecular weight excluding hydrogens is 246 g/mol. The summed E-state index contributed by atoms with van der Waals surface area (Å²) in [7, 11) is -2.87. The van der Waals surface area contributed by atoms with Gasteiger partial charge in [0.05, 0.1) is 11.5 Å². The normalized spacial score (nSPS) is 22.2. The molecule has 0 aromatic carbocycles. The largest absolute Gasteiger partial charge is 0.479 e. The third-order valence-electron chi connectivity index (χ3n) is 2.79. The minimum absolute atomic E-state index is 0.166. The van der Waals surface area contributed by atoms with Gasteiger partial charge in [0.25, 0.3) is 0 Å². The number of carboxylic acids is 1. The molecule has 0 aliphatic carbocycles. The fraction of sp³-hybridized carbons (Fsp3) is 0.900. The summed E-state index contributed by atoms with van der Waals surface area (Å²) in [5.74, 6) is -0.630. The zero-order valence-electron chi connectivity index (χ0n) is 9.96. The Labute approximate surface area is 101 Å². The summed E-state index contributed by atoms with van der Waals surface area (Å²) >= 11 is 0. The van der Waals surface area contributed by atoms with E-state index in [9.17, 15) is 13.2 Å². The van der Waals surface area contributed by atoms with Crippen molar-refractivity contribution in [3.05, 3.63) is 0 Å². The lowest BCUT2D eigenvalue weighted by molar-refractivity contribution is -0.150. The van der Waals surface area contributed by atoms with Gasteiger partial charge in [-0.15, -0.1) is 0 Å². The SMILES string of the molecule is CCOC(CCN1CCS(=O)(=O)CC1)C(=O)O. The van der Waals surface area contributed by atoms with Gasteiger partial charge in [-0.05, 0) is 13.3 Å². The van der Waals surface area contributed by atoms with Crippen LogP contribution in [0.2, 0.25) is 0 Å². The predicted octanol–water partition coefficient (Wildman–Crippen LogP) is -0.403. The molecule has 100 valence electrons. The second-order valence-corrected chi connectivity index (χ2v) is 6.37. The number of nitrogens with zero attached hydrogens (tertiary/aromatic N) is 1. The van der Waals surface area contributed by atoms with Crippen LogP contribution in [0.15, 0.2) is 0 Å². The van der Waals surface area contributed by atoms with Crippen LogP contribution in [-0.4, -0.2) is 68.2 Å². The molecule has 1 N–H and O–H groups in total. The quantitative estimate of drug-likeness (QED) is 0.703. The number of sulfone groups is 1. The average molecular weight is 265 g/mol. The Morgan fingerprint density at radius 3 is 2.47 bits per heavy atom. The Morgan fingerprint density at radius 2 is 2.00 bits per heavy atom. The highest BCUT2D eigenvalue weighted by molar-refractivity contribution is 7.91. The highest BCUT2D eigenvalue weighted by Gasteiger charge is 2.23. The van der Waals surface area contributed by atoms with E-state index in [1.54, 1.807) is 6.92 Å². The van der Waals surface area contributed by atoms with Crippen LogP contribution in [-0.2, 0) is 19.4 Å². The summed E-state index contributed by atoms with van der Waals surface area (Å²) in [5, 5.41) is 8.88. The Morgan fingerprint density at radius 1 is 1.41 bits per heavy atom. The van der Waals surface area contributed by atoms with Gasteiger partial charge >= 0.3 is 5.97 Å². The second kappa shape index (κ2) is 6.32. The number of hydrogen-bond acceptors (Lipinski definition) is 5. The summed E-state index contributed by atoms with van der Waals surface area (Å²) in [6, 6.07) is 0. The maximum absolute atomic E-state index is 11.2. The highest BCUT2D eigenvalue weighted by Crippen LogP contribution is 2.07. The third kappa shape index (κ3) is 5.01. The molecule has 0 bridgehead atoms. The van der Waals surface area contributed by atoms with E-state index in [0.717, 1.165) is 0 Å². The van der Waals surface area contributed by atoms with E-state index in [-0.39, 0.29) is 11.5 Å². The van der Waals surface area contributed by atoms with Gasteiger partial charge in [0, 0.05) is 26.2 Å². The summed E-state index contributed by atoms with van der Waals surface area (Å²) in [6.45, 7) is 3.66. The van der Waals surface area contributed by atoms with Crippen LogP contribution in [0, 0.1) is 0 Å². The van der Waals surface area contributed by atoms with Crippen LogP contribution < -0.4 is 0 Å². The van der Waals surface area contributed by atoms with E-state index in [0.29, 0.717) is 32.7 Å². The summed E-state index contributed by atoms with van der Waals surface area (Å²) in [6.07, 6.45) is -0.401. The first-order valence-corrected chi connectivity index (χ1v) is 7.54. The van der Waals surface area contributed by atoms with Gasteiger partial charge in [-0.1, -0.05) is 0 Å². The van der Waals surface area contributed by atoms with E-state index in [2.05, 4.69) is 0 Å². The van der Waals surface area contributed by atoms with Crippen LogP contribution in [0.3, 0.4) is 0 Å². The fourth-order valence-corrected chi connectivity index (χ4v) is 3.03. The Kier molecular flexibility index (Phi) is 5.35. The average Bonchev–Trinajstić information content (AvgIpc) is 2.25. The Hall–Kier alpha value is -0.660. The lowest BCUT2D eigenvalue weighted by atomic mass is 10.2. The molecule has 1 aliphatic heterocycles. The number of ether oxygens (including phenoxy) is 1. The van der Waals surface area contributed by atoms with E-state index >= 15 is 0 Å². The lowest BCUT2D eigenvalue weighted by Crippen LogP contribution is -2.42. The minimum atomic E-state index is -2.87. The molecule has 1 unspecified atom stereocenters. The van der Waals surface area contributed by atoms with Gasteiger partial charge in [-0.2, -0.15) is 0 Å². The van der Waals surface area contributed by atoms with Crippen molar-refractivity contribution in [3.63, 3.8) is 0 Å². The Bertz CT molecular complexity index is 340. The molecule has 1 saturated heterocycles. The molecule has 0 aromatic heterocycles. The van der Waals surface area contributed by atoms with Gasteiger partial charge in [0.15, 0.2) is 15.9 Å². The molecule has 0 saturated carbocycles. The summed E-state index contributed by atoms with van der Waals surface area (Å²) in [5.41, 5.74) is 0. The lowest BCUT2D eigenvalue weighted by Gasteiger charge is -2.27. The van der Waals surface area contributed by atoms with Crippen LogP contribution >= 0.6 is 0 Å². The summed E-state index contributed by atoms with van der Waals surface area (Å²) in [4.78, 5) is 12.8. The minimum Gasteiger partial charge on any atom is -0.479 e. The molecule has 0 amide bonds. The first kappa shape index (κ1) is 14.4. The van der Waals surface area contributed by atoms with E-state index in [1.165, 1.54) is 0 Å². The number of hydrogen-bond donors (Lipinski definition) is 1. The molecule has 0 spiro atoms. The summed E-state index contributed by atoms with van der Waals surface area (Å²) < 4.78 is 27.5. The van der Waals surface area contributed by atoms with Crippen molar-refractivity contribution in [2.45, 2.75) is 19.4 Å². The third-order valence-corrected chi connectivity index (χ3v) is 4.40. The van der Waals surface area contributed by atoms with Gasteiger partial charge in [0.2, 0.25) is 0 Å². The maximum Gasteiger partial charge on any atom is 0.332 e. The van der Waals surface area contributed by atoms with Gasteiger partial charge < -0.3 is 14.7 Å². The van der Waals surface area contributed by atoms with Crippen molar-refractivity contribution < 1.29 is 23.1 Å². The molecule has 1 heterocycles. The van der Waals surface area contributed by atoms with Gasteiger partial charge in [-0.3, -0.25) is 0 Å². The second-order valence-electron chi connectivity index (χ2n) is 4.06. The Balaban J connectivity index is 2.33. The van der Waals surface area contributed by atoms with Gasteiger partial charge in [-0.25, -0.2) is 13.2 Å². The van der Waals surface area contributed by atoms with Crippen molar-refractivity contribution in [1.82, 2.24) is 4.90 Å². The van der Waals surface area contributed by atoms with E-state index in [4.69, 9.17) is 9.84 Å². The first-order valence-electron chi connectivity index (χ1n) is 5.72. The molecule has 1 rings (SSSR count).